The lowest BCUT2D eigenvalue weighted by atomic mass is 9.95. The summed E-state index contributed by atoms with van der Waals surface area (Å²) in [5.74, 6) is 0.477. The Morgan fingerprint density at radius 3 is 2.69 bits per heavy atom. The van der Waals surface area contributed by atoms with E-state index in [4.69, 9.17) is 4.74 Å². The number of carbonyl (C=O) groups excluding carboxylic acids is 1. The van der Waals surface area contributed by atoms with Gasteiger partial charge in [-0.3, -0.25) is 9.69 Å². The Morgan fingerprint density at radius 1 is 1.17 bits per heavy atom. The molecule has 0 radical (unpaired) electrons. The number of hydrogen-bond acceptors (Lipinski definition) is 4. The minimum Gasteiger partial charge on any atom is -0.376 e. The van der Waals surface area contributed by atoms with Gasteiger partial charge in [0.2, 0.25) is 0 Å². The molecule has 1 unspecified atom stereocenters. The molecule has 0 bridgehead atoms. The van der Waals surface area contributed by atoms with Crippen molar-refractivity contribution in [2.24, 2.45) is 5.92 Å². The highest BCUT2D eigenvalue weighted by Gasteiger charge is 2.28. The van der Waals surface area contributed by atoms with Crippen LogP contribution in [0.1, 0.15) is 41.6 Å². The Morgan fingerprint density at radius 2 is 2.00 bits per heavy atom. The zero-order valence-electron chi connectivity index (χ0n) is 16.8. The Labute approximate surface area is 176 Å². The number of hydrogen-bond donors (Lipinski definition) is 0. The van der Waals surface area contributed by atoms with E-state index in [1.54, 1.807) is 17.4 Å². The minimum absolute atomic E-state index is 0.121. The molecule has 1 amide bonds. The van der Waals surface area contributed by atoms with Gasteiger partial charge in [0, 0.05) is 37.2 Å². The van der Waals surface area contributed by atoms with E-state index in [2.05, 4.69) is 4.90 Å². The fourth-order valence-electron chi connectivity index (χ4n) is 4.35. The monoisotopic (exact) mass is 416 g/mol. The predicted molar refractivity (Wildman–Crippen MR) is 114 cm³/mol. The van der Waals surface area contributed by atoms with E-state index in [0.717, 1.165) is 63.1 Å². The summed E-state index contributed by atoms with van der Waals surface area (Å²) in [5, 5.41) is 3.89. The highest BCUT2D eigenvalue weighted by molar-refractivity contribution is 7.08. The van der Waals surface area contributed by atoms with Gasteiger partial charge in [-0.2, -0.15) is 11.3 Å². The summed E-state index contributed by atoms with van der Waals surface area (Å²) in [6.07, 6.45) is 4.35. The molecule has 1 aromatic heterocycles. The van der Waals surface area contributed by atoms with Gasteiger partial charge in [0.1, 0.15) is 5.82 Å². The van der Waals surface area contributed by atoms with Crippen LogP contribution in [0.4, 0.5) is 4.39 Å². The Bertz CT molecular complexity index is 784. The second-order valence-corrected chi connectivity index (χ2v) is 8.95. The number of nitrogens with zero attached hydrogens (tertiary/aromatic N) is 2. The van der Waals surface area contributed by atoms with Crippen molar-refractivity contribution in [3.63, 3.8) is 0 Å². The quantitative estimate of drug-likeness (QED) is 0.670. The molecule has 0 aliphatic carbocycles. The van der Waals surface area contributed by atoms with Gasteiger partial charge < -0.3 is 9.64 Å². The van der Waals surface area contributed by atoms with E-state index in [9.17, 15) is 9.18 Å². The van der Waals surface area contributed by atoms with E-state index in [1.165, 1.54) is 6.07 Å². The van der Waals surface area contributed by atoms with Gasteiger partial charge in [-0.15, -0.1) is 0 Å². The van der Waals surface area contributed by atoms with E-state index >= 15 is 0 Å². The number of carbonyl (C=O) groups is 1. The summed E-state index contributed by atoms with van der Waals surface area (Å²) < 4.78 is 19.7. The SMILES string of the molecule is O=C(c1ccsc1)N(CC1CCN(Cc2ccccc2F)CC1)CC1CCCO1. The van der Waals surface area contributed by atoms with Crippen LogP contribution in [0, 0.1) is 11.7 Å². The van der Waals surface area contributed by atoms with Crippen LogP contribution in [0.3, 0.4) is 0 Å². The van der Waals surface area contributed by atoms with Gasteiger partial charge in [0.25, 0.3) is 5.91 Å². The van der Waals surface area contributed by atoms with Crippen LogP contribution in [0.2, 0.25) is 0 Å². The van der Waals surface area contributed by atoms with Crippen LogP contribution in [0.15, 0.2) is 41.1 Å². The summed E-state index contributed by atoms with van der Waals surface area (Å²) in [4.78, 5) is 17.4. The van der Waals surface area contributed by atoms with Crippen LogP contribution < -0.4 is 0 Å². The molecule has 3 heterocycles. The summed E-state index contributed by atoms with van der Waals surface area (Å²) >= 11 is 1.56. The van der Waals surface area contributed by atoms with Crippen LogP contribution in [0.25, 0.3) is 0 Å². The van der Waals surface area contributed by atoms with Crippen LogP contribution >= 0.6 is 11.3 Å². The Hall–Kier alpha value is -1.76. The van der Waals surface area contributed by atoms with Crippen molar-refractivity contribution in [3.05, 3.63) is 58.0 Å². The molecule has 1 atom stereocenters. The molecule has 2 aliphatic heterocycles. The van der Waals surface area contributed by atoms with E-state index < -0.39 is 0 Å². The van der Waals surface area contributed by atoms with Crippen molar-refractivity contribution >= 4 is 17.2 Å². The molecule has 1 aromatic carbocycles. The molecule has 2 saturated heterocycles. The predicted octanol–water partition coefficient (Wildman–Crippen LogP) is 4.42. The number of piperidine rings is 1. The molecule has 2 aromatic rings. The number of halogens is 1. The van der Waals surface area contributed by atoms with Crippen LogP contribution in [-0.4, -0.2) is 54.6 Å². The largest absolute Gasteiger partial charge is 0.376 e. The topological polar surface area (TPSA) is 32.8 Å². The maximum atomic E-state index is 13.9. The lowest BCUT2D eigenvalue weighted by Gasteiger charge is -2.35. The molecule has 29 heavy (non-hydrogen) atoms. The number of ether oxygens (including phenoxy) is 1. The molecule has 156 valence electrons. The zero-order valence-corrected chi connectivity index (χ0v) is 17.6. The number of likely N-dealkylation sites (tertiary alicyclic amines) is 1. The fraction of sp³-hybridized carbons (Fsp3) is 0.522. The molecular weight excluding hydrogens is 387 g/mol. The van der Waals surface area contributed by atoms with Crippen molar-refractivity contribution in [1.29, 1.82) is 0 Å². The summed E-state index contributed by atoms with van der Waals surface area (Å²) in [7, 11) is 0. The third kappa shape index (κ3) is 5.44. The van der Waals surface area contributed by atoms with Gasteiger partial charge in [0.05, 0.1) is 11.7 Å². The first-order valence-corrected chi connectivity index (χ1v) is 11.5. The fourth-order valence-corrected chi connectivity index (χ4v) is 4.98. The maximum Gasteiger partial charge on any atom is 0.254 e. The van der Waals surface area contributed by atoms with Gasteiger partial charge in [-0.25, -0.2) is 4.39 Å². The van der Waals surface area contributed by atoms with Crippen molar-refractivity contribution in [2.45, 2.75) is 38.3 Å². The maximum absolute atomic E-state index is 13.9. The molecule has 4 rings (SSSR count). The third-order valence-corrected chi connectivity index (χ3v) is 6.72. The molecule has 0 saturated carbocycles. The molecule has 0 N–H and O–H groups in total. The number of rotatable bonds is 7. The molecule has 4 nitrogen and oxygen atoms in total. The number of thiophene rings is 1. The lowest BCUT2D eigenvalue weighted by molar-refractivity contribution is 0.0445. The third-order valence-electron chi connectivity index (χ3n) is 6.04. The molecule has 0 spiro atoms. The van der Waals surface area contributed by atoms with Crippen LogP contribution in [0.5, 0.6) is 0 Å². The molecule has 2 fully saturated rings. The Balaban J connectivity index is 1.33. The average Bonchev–Trinajstić information content (AvgIpc) is 3.44. The second kappa shape index (κ2) is 9.83. The Kier molecular flexibility index (Phi) is 6.95. The molecule has 6 heteroatoms. The normalized spacial score (nSPS) is 20.8. The van der Waals surface area contributed by atoms with Crippen molar-refractivity contribution < 1.29 is 13.9 Å². The first-order valence-electron chi connectivity index (χ1n) is 10.6. The molecule has 2 aliphatic rings. The standard InChI is InChI=1S/C23H29FN2O2S/c24-22-6-2-1-4-19(22)15-25-10-7-18(8-11-25)14-26(16-21-5-3-12-28-21)23(27)20-9-13-29-17-20/h1-2,4,6,9,13,17-18,21H,3,5,7-8,10-12,14-16H2. The summed E-state index contributed by atoms with van der Waals surface area (Å²) in [6.45, 7) is 4.82. The first-order chi connectivity index (χ1) is 14.2. The van der Waals surface area contributed by atoms with Gasteiger partial charge in [0.15, 0.2) is 0 Å². The van der Waals surface area contributed by atoms with Gasteiger partial charge in [-0.1, -0.05) is 18.2 Å². The van der Waals surface area contributed by atoms with Crippen molar-refractivity contribution in [1.82, 2.24) is 9.80 Å². The van der Waals surface area contributed by atoms with Crippen molar-refractivity contribution in [3.8, 4) is 0 Å². The van der Waals surface area contributed by atoms with E-state index in [-0.39, 0.29) is 17.8 Å². The average molecular weight is 417 g/mol. The zero-order chi connectivity index (χ0) is 20.1. The van der Waals surface area contributed by atoms with E-state index in [1.807, 2.05) is 33.9 Å². The first kappa shape index (κ1) is 20.5. The molecular formula is C23H29FN2O2S. The lowest BCUT2D eigenvalue weighted by Crippen LogP contribution is -2.43. The van der Waals surface area contributed by atoms with Gasteiger partial charge in [-0.05, 0) is 62.2 Å². The van der Waals surface area contributed by atoms with E-state index in [0.29, 0.717) is 19.0 Å². The minimum atomic E-state index is -0.126. The van der Waals surface area contributed by atoms with Crippen LogP contribution in [-0.2, 0) is 11.3 Å². The summed E-state index contributed by atoms with van der Waals surface area (Å²) in [6, 6.07) is 8.93. The second-order valence-electron chi connectivity index (χ2n) is 8.17. The summed E-state index contributed by atoms with van der Waals surface area (Å²) in [5.41, 5.74) is 1.54. The number of amides is 1. The highest BCUT2D eigenvalue weighted by atomic mass is 32.1. The van der Waals surface area contributed by atoms with Crippen molar-refractivity contribution in [2.75, 3.05) is 32.8 Å². The highest BCUT2D eigenvalue weighted by Crippen LogP contribution is 2.23. The smallest absolute Gasteiger partial charge is 0.254 e. The van der Waals surface area contributed by atoms with Gasteiger partial charge >= 0.3 is 0 Å². The number of benzene rings is 1.